The summed E-state index contributed by atoms with van der Waals surface area (Å²) in [5.41, 5.74) is 1.55. The number of amides is 1. The number of halogens is 1. The number of ketones is 1. The Hall–Kier alpha value is -1.16. The van der Waals surface area contributed by atoms with Crippen LogP contribution < -0.4 is 5.32 Å². The standard InChI is InChI=1S/C12H14BrNO2/c1-7-6-10(4-5-11(7)13)12(16)14-8(2)9(3)15/h4-6,8H,1-3H3,(H,14,16). The molecule has 0 saturated heterocycles. The summed E-state index contributed by atoms with van der Waals surface area (Å²) in [5, 5.41) is 2.64. The summed E-state index contributed by atoms with van der Waals surface area (Å²) in [6, 6.07) is 4.88. The number of Topliss-reactive ketones (excluding diaryl/α,β-unsaturated/α-hetero) is 1. The van der Waals surface area contributed by atoms with E-state index in [4.69, 9.17) is 0 Å². The van der Waals surface area contributed by atoms with Crippen LogP contribution in [0.25, 0.3) is 0 Å². The zero-order valence-corrected chi connectivity index (χ0v) is 11.1. The quantitative estimate of drug-likeness (QED) is 0.926. The summed E-state index contributed by atoms with van der Waals surface area (Å²) in [5.74, 6) is -0.277. The third-order valence-corrected chi connectivity index (χ3v) is 3.27. The second-order valence-electron chi connectivity index (χ2n) is 3.77. The number of hydrogen-bond acceptors (Lipinski definition) is 2. The average molecular weight is 284 g/mol. The molecule has 0 aliphatic rings. The Morgan fingerprint density at radius 3 is 2.50 bits per heavy atom. The minimum Gasteiger partial charge on any atom is -0.343 e. The molecular formula is C12H14BrNO2. The van der Waals surface area contributed by atoms with Crippen LogP contribution in [-0.2, 0) is 4.79 Å². The Bertz CT molecular complexity index is 429. The highest BCUT2D eigenvalue weighted by Crippen LogP contribution is 2.17. The normalized spacial score (nSPS) is 12.0. The van der Waals surface area contributed by atoms with Gasteiger partial charge in [0, 0.05) is 10.0 Å². The molecule has 0 aliphatic heterocycles. The molecular weight excluding hydrogens is 270 g/mol. The van der Waals surface area contributed by atoms with Crippen molar-refractivity contribution >= 4 is 27.6 Å². The van der Waals surface area contributed by atoms with Crippen molar-refractivity contribution in [2.24, 2.45) is 0 Å². The first-order valence-corrected chi connectivity index (χ1v) is 5.78. The van der Waals surface area contributed by atoms with E-state index in [1.165, 1.54) is 6.92 Å². The van der Waals surface area contributed by atoms with Crippen molar-refractivity contribution in [3.05, 3.63) is 33.8 Å². The van der Waals surface area contributed by atoms with Crippen LogP contribution in [0.2, 0.25) is 0 Å². The molecule has 0 aromatic heterocycles. The van der Waals surface area contributed by atoms with Crippen molar-refractivity contribution in [3.8, 4) is 0 Å². The first-order valence-electron chi connectivity index (χ1n) is 4.99. The van der Waals surface area contributed by atoms with E-state index in [1.807, 2.05) is 13.0 Å². The molecule has 0 saturated carbocycles. The van der Waals surface area contributed by atoms with Crippen molar-refractivity contribution in [3.63, 3.8) is 0 Å². The Balaban J connectivity index is 2.81. The lowest BCUT2D eigenvalue weighted by Gasteiger charge is -2.11. The maximum absolute atomic E-state index is 11.7. The summed E-state index contributed by atoms with van der Waals surface area (Å²) >= 11 is 3.37. The van der Waals surface area contributed by atoms with Gasteiger partial charge in [-0.05, 0) is 44.5 Å². The van der Waals surface area contributed by atoms with Crippen LogP contribution in [0.3, 0.4) is 0 Å². The second-order valence-corrected chi connectivity index (χ2v) is 4.62. The van der Waals surface area contributed by atoms with Gasteiger partial charge >= 0.3 is 0 Å². The molecule has 0 radical (unpaired) electrons. The van der Waals surface area contributed by atoms with Crippen LogP contribution in [-0.4, -0.2) is 17.7 Å². The second kappa shape index (κ2) is 5.25. The van der Waals surface area contributed by atoms with E-state index in [9.17, 15) is 9.59 Å². The monoisotopic (exact) mass is 283 g/mol. The third kappa shape index (κ3) is 3.17. The van der Waals surface area contributed by atoms with Crippen LogP contribution >= 0.6 is 15.9 Å². The van der Waals surface area contributed by atoms with Crippen LogP contribution in [0.4, 0.5) is 0 Å². The molecule has 0 spiro atoms. The van der Waals surface area contributed by atoms with Gasteiger partial charge in [-0.1, -0.05) is 15.9 Å². The minimum atomic E-state index is -0.448. The first-order chi connectivity index (χ1) is 7.41. The summed E-state index contributed by atoms with van der Waals surface area (Å²) < 4.78 is 0.962. The lowest BCUT2D eigenvalue weighted by Crippen LogP contribution is -2.37. The number of carbonyl (C=O) groups is 2. The Kier molecular flexibility index (Phi) is 4.24. The predicted octanol–water partition coefficient (Wildman–Crippen LogP) is 2.46. The van der Waals surface area contributed by atoms with Crippen molar-refractivity contribution < 1.29 is 9.59 Å². The lowest BCUT2D eigenvalue weighted by atomic mass is 10.1. The number of carbonyl (C=O) groups excluding carboxylic acids is 2. The van der Waals surface area contributed by atoms with Gasteiger partial charge in [0.25, 0.3) is 5.91 Å². The molecule has 0 bridgehead atoms. The lowest BCUT2D eigenvalue weighted by molar-refractivity contribution is -0.118. The molecule has 1 unspecified atom stereocenters. The third-order valence-electron chi connectivity index (χ3n) is 2.38. The molecule has 1 aromatic rings. The van der Waals surface area contributed by atoms with Gasteiger partial charge in [0.1, 0.15) is 0 Å². The smallest absolute Gasteiger partial charge is 0.251 e. The maximum Gasteiger partial charge on any atom is 0.251 e. The molecule has 1 aromatic carbocycles. The van der Waals surface area contributed by atoms with Gasteiger partial charge in [-0.3, -0.25) is 9.59 Å². The summed E-state index contributed by atoms with van der Waals surface area (Å²) in [6.07, 6.45) is 0. The summed E-state index contributed by atoms with van der Waals surface area (Å²) in [7, 11) is 0. The molecule has 1 atom stereocenters. The van der Waals surface area contributed by atoms with Gasteiger partial charge in [-0.15, -0.1) is 0 Å². The van der Waals surface area contributed by atoms with Crippen molar-refractivity contribution in [2.45, 2.75) is 26.8 Å². The van der Waals surface area contributed by atoms with E-state index in [2.05, 4.69) is 21.2 Å². The van der Waals surface area contributed by atoms with E-state index in [0.717, 1.165) is 10.0 Å². The van der Waals surface area contributed by atoms with Gasteiger partial charge in [-0.25, -0.2) is 0 Å². The zero-order chi connectivity index (χ0) is 12.3. The number of nitrogens with one attached hydrogen (secondary N) is 1. The van der Waals surface area contributed by atoms with Gasteiger partial charge in [0.2, 0.25) is 0 Å². The van der Waals surface area contributed by atoms with E-state index >= 15 is 0 Å². The van der Waals surface area contributed by atoms with Crippen LogP contribution in [0.1, 0.15) is 29.8 Å². The van der Waals surface area contributed by atoms with Gasteiger partial charge in [0.15, 0.2) is 5.78 Å². The molecule has 0 heterocycles. The zero-order valence-electron chi connectivity index (χ0n) is 9.50. The molecule has 3 nitrogen and oxygen atoms in total. The Morgan fingerprint density at radius 2 is 2.00 bits per heavy atom. The van der Waals surface area contributed by atoms with Crippen molar-refractivity contribution in [2.75, 3.05) is 0 Å². The number of benzene rings is 1. The molecule has 1 N–H and O–H groups in total. The van der Waals surface area contributed by atoms with E-state index in [-0.39, 0.29) is 11.7 Å². The first kappa shape index (κ1) is 12.9. The number of rotatable bonds is 3. The van der Waals surface area contributed by atoms with E-state index in [0.29, 0.717) is 5.56 Å². The Labute approximate surface area is 103 Å². The minimum absolute atomic E-state index is 0.0535. The molecule has 0 aliphatic carbocycles. The highest BCUT2D eigenvalue weighted by Gasteiger charge is 2.13. The molecule has 1 amide bonds. The van der Waals surface area contributed by atoms with Gasteiger partial charge in [-0.2, -0.15) is 0 Å². The maximum atomic E-state index is 11.7. The van der Waals surface area contributed by atoms with Gasteiger partial charge < -0.3 is 5.32 Å². The fraction of sp³-hybridized carbons (Fsp3) is 0.333. The Morgan fingerprint density at radius 1 is 1.38 bits per heavy atom. The van der Waals surface area contributed by atoms with Crippen LogP contribution in [0.5, 0.6) is 0 Å². The number of aryl methyl sites for hydroxylation is 1. The average Bonchev–Trinajstić information content (AvgIpc) is 2.21. The van der Waals surface area contributed by atoms with E-state index < -0.39 is 6.04 Å². The summed E-state index contributed by atoms with van der Waals surface area (Å²) in [6.45, 7) is 5.04. The SMILES string of the molecule is CC(=O)C(C)NC(=O)c1ccc(Br)c(C)c1. The van der Waals surface area contributed by atoms with Gasteiger partial charge in [0.05, 0.1) is 6.04 Å². The molecule has 4 heteroatoms. The van der Waals surface area contributed by atoms with Crippen LogP contribution in [0.15, 0.2) is 22.7 Å². The fourth-order valence-electron chi connectivity index (χ4n) is 1.17. The fourth-order valence-corrected chi connectivity index (χ4v) is 1.41. The van der Waals surface area contributed by atoms with Crippen LogP contribution in [0, 0.1) is 6.92 Å². The molecule has 0 fully saturated rings. The molecule has 16 heavy (non-hydrogen) atoms. The largest absolute Gasteiger partial charge is 0.343 e. The molecule has 86 valence electrons. The summed E-state index contributed by atoms with van der Waals surface area (Å²) in [4.78, 5) is 22.8. The highest BCUT2D eigenvalue weighted by atomic mass is 79.9. The van der Waals surface area contributed by atoms with Crippen molar-refractivity contribution in [1.29, 1.82) is 0 Å². The van der Waals surface area contributed by atoms with E-state index in [1.54, 1.807) is 19.1 Å². The van der Waals surface area contributed by atoms with Crippen molar-refractivity contribution in [1.82, 2.24) is 5.32 Å². The topological polar surface area (TPSA) is 46.2 Å². The predicted molar refractivity (Wildman–Crippen MR) is 66.5 cm³/mol. The molecule has 1 rings (SSSR count). The number of hydrogen-bond donors (Lipinski definition) is 1. The highest BCUT2D eigenvalue weighted by molar-refractivity contribution is 9.10.